The third kappa shape index (κ3) is 6.71. The zero-order chi connectivity index (χ0) is 22.9. The fourth-order valence-electron chi connectivity index (χ4n) is 3.38. The van der Waals surface area contributed by atoms with Gasteiger partial charge < -0.3 is 10.2 Å². The molecule has 3 rings (SSSR count). The number of nitrogens with zero attached hydrogens (tertiary/aromatic N) is 2. The lowest BCUT2D eigenvalue weighted by atomic mass is 10.1. The molecule has 1 aliphatic heterocycles. The Balaban J connectivity index is 1.52. The lowest BCUT2D eigenvalue weighted by Crippen LogP contribution is -2.33. The maximum atomic E-state index is 12.7. The van der Waals surface area contributed by atoms with Crippen LogP contribution in [-0.4, -0.2) is 39.8 Å². The van der Waals surface area contributed by atoms with E-state index < -0.39 is 10.8 Å². The standard InChI is InChI=1S/C23H24N4O4S/c28-21(13-8-17-6-5-7-20(16-17)27(30)31)25-23(32)24-19-11-9-18(10-12-19)22(29)26-14-3-1-2-4-15-26/h5-13,16H,1-4,14-15H2,(H2,24,25,28,32)/b13-8+. The molecular weight excluding hydrogens is 428 g/mol. The van der Waals surface area contributed by atoms with Crippen LogP contribution in [-0.2, 0) is 4.79 Å². The second-order valence-corrected chi connectivity index (χ2v) is 7.82. The zero-order valence-electron chi connectivity index (χ0n) is 17.5. The highest BCUT2D eigenvalue weighted by Crippen LogP contribution is 2.16. The molecule has 1 heterocycles. The van der Waals surface area contributed by atoms with Gasteiger partial charge in [-0.15, -0.1) is 0 Å². The normalized spacial score (nSPS) is 13.9. The largest absolute Gasteiger partial charge is 0.339 e. The van der Waals surface area contributed by atoms with E-state index in [9.17, 15) is 19.7 Å². The summed E-state index contributed by atoms with van der Waals surface area (Å²) < 4.78 is 0. The molecule has 0 saturated carbocycles. The van der Waals surface area contributed by atoms with Gasteiger partial charge in [-0.1, -0.05) is 25.0 Å². The van der Waals surface area contributed by atoms with Crippen LogP contribution in [0.1, 0.15) is 41.6 Å². The summed E-state index contributed by atoms with van der Waals surface area (Å²) in [6.45, 7) is 1.58. The van der Waals surface area contributed by atoms with E-state index in [0.717, 1.165) is 38.8 Å². The first-order chi connectivity index (χ1) is 15.4. The Morgan fingerprint density at radius 2 is 1.72 bits per heavy atom. The molecule has 8 nitrogen and oxygen atoms in total. The molecule has 0 aliphatic carbocycles. The Bertz CT molecular complexity index is 1030. The predicted molar refractivity (Wildman–Crippen MR) is 127 cm³/mol. The highest BCUT2D eigenvalue weighted by atomic mass is 32.1. The minimum absolute atomic E-state index is 0.0283. The van der Waals surface area contributed by atoms with Crippen molar-refractivity contribution < 1.29 is 14.5 Å². The van der Waals surface area contributed by atoms with Crippen LogP contribution in [0.3, 0.4) is 0 Å². The van der Waals surface area contributed by atoms with Crippen molar-refractivity contribution in [2.24, 2.45) is 0 Å². The molecule has 32 heavy (non-hydrogen) atoms. The fourth-order valence-corrected chi connectivity index (χ4v) is 3.60. The van der Waals surface area contributed by atoms with Crippen LogP contribution in [0.25, 0.3) is 6.08 Å². The summed E-state index contributed by atoms with van der Waals surface area (Å²) in [6, 6.07) is 12.9. The summed E-state index contributed by atoms with van der Waals surface area (Å²) in [5.74, 6) is -0.442. The van der Waals surface area contributed by atoms with E-state index in [-0.39, 0.29) is 16.7 Å². The molecule has 0 atom stereocenters. The predicted octanol–water partition coefficient (Wildman–Crippen LogP) is 4.14. The van der Waals surface area contributed by atoms with E-state index >= 15 is 0 Å². The smallest absolute Gasteiger partial charge is 0.270 e. The molecule has 0 bridgehead atoms. The first kappa shape index (κ1) is 23.1. The number of nitro benzene ring substituents is 1. The molecule has 1 aliphatic rings. The number of non-ortho nitro benzene ring substituents is 1. The van der Waals surface area contributed by atoms with Crippen molar-refractivity contribution >= 4 is 46.6 Å². The maximum absolute atomic E-state index is 12.7. The van der Waals surface area contributed by atoms with Gasteiger partial charge in [-0.2, -0.15) is 0 Å². The van der Waals surface area contributed by atoms with Crippen molar-refractivity contribution in [1.82, 2.24) is 10.2 Å². The SMILES string of the molecule is O=C(/C=C/c1cccc([N+](=O)[O-])c1)NC(=S)Nc1ccc(C(=O)N2CCCCCC2)cc1. The van der Waals surface area contributed by atoms with Crippen molar-refractivity contribution in [3.05, 3.63) is 75.8 Å². The number of nitrogens with one attached hydrogen (secondary N) is 2. The number of thiocarbonyl (C=S) groups is 1. The number of benzene rings is 2. The monoisotopic (exact) mass is 452 g/mol. The van der Waals surface area contributed by atoms with E-state index in [1.54, 1.807) is 36.4 Å². The van der Waals surface area contributed by atoms with Crippen LogP contribution in [0, 0.1) is 10.1 Å². The number of hydrogen-bond acceptors (Lipinski definition) is 5. The number of amides is 2. The van der Waals surface area contributed by atoms with Crippen molar-refractivity contribution in [2.45, 2.75) is 25.7 Å². The van der Waals surface area contributed by atoms with Crippen LogP contribution in [0.4, 0.5) is 11.4 Å². The van der Waals surface area contributed by atoms with Gasteiger partial charge >= 0.3 is 0 Å². The molecule has 1 fully saturated rings. The summed E-state index contributed by atoms with van der Waals surface area (Å²) in [7, 11) is 0. The van der Waals surface area contributed by atoms with Gasteiger partial charge in [-0.05, 0) is 61.0 Å². The fraction of sp³-hybridized carbons (Fsp3) is 0.261. The van der Waals surface area contributed by atoms with Gasteiger partial charge in [0.25, 0.3) is 11.6 Å². The Hall–Kier alpha value is -3.59. The molecule has 166 valence electrons. The number of anilines is 1. The van der Waals surface area contributed by atoms with Gasteiger partial charge in [0.15, 0.2) is 5.11 Å². The summed E-state index contributed by atoms with van der Waals surface area (Å²) in [6.07, 6.45) is 7.11. The van der Waals surface area contributed by atoms with Gasteiger partial charge in [0, 0.05) is 42.5 Å². The van der Waals surface area contributed by atoms with Crippen LogP contribution in [0.5, 0.6) is 0 Å². The Kier molecular flexibility index (Phi) is 8.04. The highest BCUT2D eigenvalue weighted by molar-refractivity contribution is 7.80. The first-order valence-electron chi connectivity index (χ1n) is 10.4. The zero-order valence-corrected chi connectivity index (χ0v) is 18.3. The summed E-state index contributed by atoms with van der Waals surface area (Å²) >= 11 is 5.16. The first-order valence-corrected chi connectivity index (χ1v) is 10.8. The van der Waals surface area contributed by atoms with Gasteiger partial charge in [-0.25, -0.2) is 0 Å². The summed E-state index contributed by atoms with van der Waals surface area (Å²) in [5, 5.41) is 16.3. The van der Waals surface area contributed by atoms with Gasteiger partial charge in [0.05, 0.1) is 4.92 Å². The molecule has 2 amide bonds. The quantitative estimate of drug-likeness (QED) is 0.306. The Morgan fingerprint density at radius 1 is 1.03 bits per heavy atom. The van der Waals surface area contributed by atoms with Crippen LogP contribution in [0.15, 0.2) is 54.6 Å². The molecule has 2 N–H and O–H groups in total. The number of nitro groups is 1. The third-order valence-corrected chi connectivity index (χ3v) is 5.23. The topological polar surface area (TPSA) is 105 Å². The number of rotatable bonds is 5. The molecule has 0 aromatic heterocycles. The van der Waals surface area contributed by atoms with E-state index in [4.69, 9.17) is 12.2 Å². The summed E-state index contributed by atoms with van der Waals surface area (Å²) in [5.41, 5.74) is 1.73. The number of carbonyl (C=O) groups excluding carboxylic acids is 2. The van der Waals surface area contributed by atoms with E-state index in [1.165, 1.54) is 24.3 Å². The molecular formula is C23H24N4O4S. The van der Waals surface area contributed by atoms with E-state index in [2.05, 4.69) is 10.6 Å². The molecule has 2 aromatic carbocycles. The average molecular weight is 453 g/mol. The minimum atomic E-state index is -0.497. The molecule has 0 unspecified atom stereocenters. The lowest BCUT2D eigenvalue weighted by Gasteiger charge is -2.20. The van der Waals surface area contributed by atoms with Gasteiger partial charge in [-0.3, -0.25) is 25.0 Å². The van der Waals surface area contributed by atoms with Gasteiger partial charge in [0.2, 0.25) is 5.91 Å². The van der Waals surface area contributed by atoms with E-state index in [1.807, 2.05) is 4.90 Å². The van der Waals surface area contributed by atoms with Crippen LogP contribution >= 0.6 is 12.2 Å². The van der Waals surface area contributed by atoms with Crippen LogP contribution in [0.2, 0.25) is 0 Å². The van der Waals surface area contributed by atoms with Crippen molar-refractivity contribution in [1.29, 1.82) is 0 Å². The molecule has 1 saturated heterocycles. The maximum Gasteiger partial charge on any atom is 0.270 e. The summed E-state index contributed by atoms with van der Waals surface area (Å²) in [4.78, 5) is 36.9. The molecule has 0 spiro atoms. The minimum Gasteiger partial charge on any atom is -0.339 e. The van der Waals surface area contributed by atoms with Crippen molar-refractivity contribution in [3.8, 4) is 0 Å². The number of carbonyl (C=O) groups is 2. The number of hydrogen-bond donors (Lipinski definition) is 2. The molecule has 0 radical (unpaired) electrons. The van der Waals surface area contributed by atoms with Gasteiger partial charge in [0.1, 0.15) is 0 Å². The third-order valence-electron chi connectivity index (χ3n) is 5.03. The Morgan fingerprint density at radius 3 is 2.38 bits per heavy atom. The number of likely N-dealkylation sites (tertiary alicyclic amines) is 1. The van der Waals surface area contributed by atoms with Crippen molar-refractivity contribution in [3.63, 3.8) is 0 Å². The molecule has 2 aromatic rings. The average Bonchev–Trinajstić information content (AvgIpc) is 3.07. The van der Waals surface area contributed by atoms with Crippen LogP contribution < -0.4 is 10.6 Å². The van der Waals surface area contributed by atoms with E-state index in [0.29, 0.717) is 16.8 Å². The molecule has 9 heteroatoms. The second kappa shape index (κ2) is 11.1. The van der Waals surface area contributed by atoms with Crippen molar-refractivity contribution in [2.75, 3.05) is 18.4 Å². The lowest BCUT2D eigenvalue weighted by molar-refractivity contribution is -0.384. The Labute approximate surface area is 191 Å². The highest BCUT2D eigenvalue weighted by Gasteiger charge is 2.17. The second-order valence-electron chi connectivity index (χ2n) is 7.41.